The van der Waals surface area contributed by atoms with Crippen LogP contribution in [-0.2, 0) is 11.2 Å². The molecule has 1 atom stereocenters. The normalized spacial score (nSPS) is 16.3. The van der Waals surface area contributed by atoms with Gasteiger partial charge < -0.3 is 14.8 Å². The smallest absolute Gasteiger partial charge is 0.311 e. The van der Waals surface area contributed by atoms with Crippen molar-refractivity contribution in [3.63, 3.8) is 0 Å². The van der Waals surface area contributed by atoms with Gasteiger partial charge in [-0.15, -0.1) is 11.8 Å². The molecule has 0 bridgehead atoms. The summed E-state index contributed by atoms with van der Waals surface area (Å²) < 4.78 is 5.21. The van der Waals surface area contributed by atoms with Crippen LogP contribution >= 0.6 is 11.8 Å². The van der Waals surface area contributed by atoms with Crippen LogP contribution in [0, 0.1) is 6.92 Å². The molecule has 5 nitrogen and oxygen atoms in total. The van der Waals surface area contributed by atoms with E-state index in [2.05, 4.69) is 5.32 Å². The van der Waals surface area contributed by atoms with Crippen molar-refractivity contribution in [1.82, 2.24) is 5.32 Å². The van der Waals surface area contributed by atoms with Crippen LogP contribution < -0.4 is 5.32 Å². The molecule has 0 spiro atoms. The number of furan rings is 1. The lowest BCUT2D eigenvalue weighted by Crippen LogP contribution is -2.29. The van der Waals surface area contributed by atoms with Gasteiger partial charge in [0.15, 0.2) is 0 Å². The summed E-state index contributed by atoms with van der Waals surface area (Å²) >= 11 is 1.70. The van der Waals surface area contributed by atoms with Crippen LogP contribution in [0.25, 0.3) is 0 Å². The van der Waals surface area contributed by atoms with Crippen LogP contribution in [0.4, 0.5) is 0 Å². The molecule has 114 valence electrons. The van der Waals surface area contributed by atoms with Crippen LogP contribution in [0.15, 0.2) is 39.8 Å². The molecule has 0 fully saturated rings. The molecule has 1 amide bonds. The monoisotopic (exact) mass is 317 g/mol. The number of fused-ring (bicyclic) bond motifs is 1. The molecular weight excluding hydrogens is 302 g/mol. The van der Waals surface area contributed by atoms with E-state index in [0.29, 0.717) is 11.1 Å². The third-order valence-corrected chi connectivity index (χ3v) is 4.78. The summed E-state index contributed by atoms with van der Waals surface area (Å²) in [6.07, 6.45) is 1.12. The first-order valence-corrected chi connectivity index (χ1v) is 7.86. The Labute approximate surface area is 131 Å². The van der Waals surface area contributed by atoms with Crippen molar-refractivity contribution in [2.45, 2.75) is 24.3 Å². The van der Waals surface area contributed by atoms with Gasteiger partial charge in [-0.1, -0.05) is 18.2 Å². The van der Waals surface area contributed by atoms with E-state index in [1.165, 1.54) is 11.2 Å². The van der Waals surface area contributed by atoms with Gasteiger partial charge in [0.2, 0.25) is 0 Å². The molecule has 1 aromatic heterocycles. The number of nitrogens with one attached hydrogen (secondary N) is 1. The Morgan fingerprint density at radius 1 is 1.41 bits per heavy atom. The van der Waals surface area contributed by atoms with Crippen molar-refractivity contribution in [2.75, 3.05) is 5.75 Å². The van der Waals surface area contributed by atoms with E-state index in [1.807, 2.05) is 24.3 Å². The van der Waals surface area contributed by atoms with Gasteiger partial charge in [0, 0.05) is 16.2 Å². The Hall–Kier alpha value is -2.21. The average Bonchev–Trinajstić information content (AvgIpc) is 3.03. The number of amides is 1. The second-order valence-electron chi connectivity index (χ2n) is 5.16. The molecule has 3 rings (SSSR count). The summed E-state index contributed by atoms with van der Waals surface area (Å²) in [5, 5.41) is 11.9. The number of rotatable bonds is 4. The molecule has 2 heterocycles. The molecule has 0 saturated carbocycles. The maximum Gasteiger partial charge on any atom is 0.311 e. The van der Waals surface area contributed by atoms with E-state index >= 15 is 0 Å². The molecule has 0 aliphatic carbocycles. The zero-order valence-corrected chi connectivity index (χ0v) is 12.8. The quantitative estimate of drug-likeness (QED) is 0.906. The molecule has 2 aromatic rings. The van der Waals surface area contributed by atoms with Crippen molar-refractivity contribution in [3.8, 4) is 0 Å². The minimum atomic E-state index is -1.02. The first kappa shape index (κ1) is 14.7. The highest BCUT2D eigenvalue weighted by Crippen LogP contribution is 2.38. The van der Waals surface area contributed by atoms with Crippen LogP contribution in [0.3, 0.4) is 0 Å². The Morgan fingerprint density at radius 3 is 2.95 bits per heavy atom. The second-order valence-corrected chi connectivity index (χ2v) is 6.22. The summed E-state index contributed by atoms with van der Waals surface area (Å²) in [5.41, 5.74) is 2.08. The highest BCUT2D eigenvalue weighted by atomic mass is 32.2. The van der Waals surface area contributed by atoms with E-state index in [4.69, 9.17) is 9.52 Å². The van der Waals surface area contributed by atoms with E-state index in [9.17, 15) is 9.59 Å². The molecule has 1 aromatic carbocycles. The molecule has 0 radical (unpaired) electrons. The van der Waals surface area contributed by atoms with Gasteiger partial charge in [-0.05, 0) is 18.6 Å². The van der Waals surface area contributed by atoms with Crippen molar-refractivity contribution >= 4 is 23.6 Å². The first-order chi connectivity index (χ1) is 10.6. The molecule has 22 heavy (non-hydrogen) atoms. The van der Waals surface area contributed by atoms with Crippen LogP contribution in [0.5, 0.6) is 0 Å². The summed E-state index contributed by atoms with van der Waals surface area (Å²) in [5.74, 6) is -0.340. The first-order valence-electron chi connectivity index (χ1n) is 6.87. The minimum Gasteiger partial charge on any atom is -0.481 e. The topological polar surface area (TPSA) is 79.5 Å². The van der Waals surface area contributed by atoms with E-state index in [-0.39, 0.29) is 24.1 Å². The Morgan fingerprint density at radius 2 is 2.18 bits per heavy atom. The standard InChI is InChI=1S/C16H15NO4S/c1-9-7-21-12(6-14(18)19)15(9)16(20)17-11-8-22-13-5-3-2-4-10(11)13/h2-5,7,11H,6,8H2,1H3,(H,17,20)(H,18,19). The number of hydrogen-bond acceptors (Lipinski definition) is 4. The zero-order chi connectivity index (χ0) is 15.7. The van der Waals surface area contributed by atoms with Gasteiger partial charge in [-0.25, -0.2) is 0 Å². The van der Waals surface area contributed by atoms with Crippen molar-refractivity contribution in [2.24, 2.45) is 0 Å². The third-order valence-electron chi connectivity index (χ3n) is 3.60. The lowest BCUT2D eigenvalue weighted by atomic mass is 10.1. The Bertz CT molecular complexity index is 737. The number of aliphatic carboxylic acids is 1. The second kappa shape index (κ2) is 5.88. The summed E-state index contributed by atoms with van der Waals surface area (Å²) in [6, 6.07) is 7.89. The zero-order valence-electron chi connectivity index (χ0n) is 12.0. The van der Waals surface area contributed by atoms with Gasteiger partial charge in [-0.2, -0.15) is 0 Å². The number of carboxylic acids is 1. The lowest BCUT2D eigenvalue weighted by Gasteiger charge is -2.13. The van der Waals surface area contributed by atoms with Crippen molar-refractivity contribution in [1.29, 1.82) is 0 Å². The van der Waals surface area contributed by atoms with Gasteiger partial charge in [0.05, 0.1) is 17.9 Å². The highest BCUT2D eigenvalue weighted by Gasteiger charge is 2.27. The van der Waals surface area contributed by atoms with Crippen molar-refractivity contribution in [3.05, 3.63) is 53.0 Å². The van der Waals surface area contributed by atoms with E-state index in [0.717, 1.165) is 11.3 Å². The molecular formula is C16H15NO4S. The van der Waals surface area contributed by atoms with E-state index in [1.54, 1.807) is 18.7 Å². The number of carbonyl (C=O) groups excluding carboxylic acids is 1. The number of thioether (sulfide) groups is 1. The predicted molar refractivity (Wildman–Crippen MR) is 82.2 cm³/mol. The number of carbonyl (C=O) groups is 2. The van der Waals surface area contributed by atoms with Crippen LogP contribution in [-0.4, -0.2) is 22.7 Å². The summed E-state index contributed by atoms with van der Waals surface area (Å²) in [6.45, 7) is 1.74. The van der Waals surface area contributed by atoms with Gasteiger partial charge >= 0.3 is 5.97 Å². The third kappa shape index (κ3) is 2.74. The number of hydrogen-bond donors (Lipinski definition) is 2. The van der Waals surface area contributed by atoms with Gasteiger partial charge in [-0.3, -0.25) is 9.59 Å². The molecule has 2 N–H and O–H groups in total. The van der Waals surface area contributed by atoms with Crippen LogP contribution in [0.1, 0.15) is 33.3 Å². The number of carboxylic acid groups (broad SMARTS) is 1. The molecule has 1 aliphatic rings. The molecule has 1 unspecified atom stereocenters. The number of aryl methyl sites for hydroxylation is 1. The lowest BCUT2D eigenvalue weighted by molar-refractivity contribution is -0.136. The number of benzene rings is 1. The molecule has 1 aliphatic heterocycles. The summed E-state index contributed by atoms with van der Waals surface area (Å²) in [7, 11) is 0. The summed E-state index contributed by atoms with van der Waals surface area (Å²) in [4.78, 5) is 24.6. The SMILES string of the molecule is Cc1coc(CC(=O)O)c1C(=O)NC1CSc2ccccc21. The fourth-order valence-electron chi connectivity index (χ4n) is 2.58. The van der Waals surface area contributed by atoms with E-state index < -0.39 is 5.97 Å². The maximum atomic E-state index is 12.5. The fraction of sp³-hybridized carbons (Fsp3) is 0.250. The molecule has 6 heteroatoms. The Kier molecular flexibility index (Phi) is 3.94. The Balaban J connectivity index is 1.81. The fourth-order valence-corrected chi connectivity index (χ4v) is 3.74. The minimum absolute atomic E-state index is 0.0688. The highest BCUT2D eigenvalue weighted by molar-refractivity contribution is 7.99. The molecule has 0 saturated heterocycles. The predicted octanol–water partition coefficient (Wildman–Crippen LogP) is 2.79. The van der Waals surface area contributed by atoms with Gasteiger partial charge in [0.25, 0.3) is 5.91 Å². The average molecular weight is 317 g/mol. The maximum absolute atomic E-state index is 12.5. The van der Waals surface area contributed by atoms with Crippen molar-refractivity contribution < 1.29 is 19.1 Å². The largest absolute Gasteiger partial charge is 0.481 e. The van der Waals surface area contributed by atoms with Gasteiger partial charge in [0.1, 0.15) is 12.2 Å². The van der Waals surface area contributed by atoms with Crippen LogP contribution in [0.2, 0.25) is 0 Å².